The van der Waals surface area contributed by atoms with Gasteiger partial charge in [0.15, 0.2) is 0 Å². The predicted molar refractivity (Wildman–Crippen MR) is 99.9 cm³/mol. The summed E-state index contributed by atoms with van der Waals surface area (Å²) in [6.45, 7) is 0. The van der Waals surface area contributed by atoms with Gasteiger partial charge in [-0.1, -0.05) is 64.6 Å². The first kappa shape index (κ1) is 16.7. The second-order valence-electron chi connectivity index (χ2n) is 5.17. The zero-order valence-electron chi connectivity index (χ0n) is 11.9. The lowest BCUT2D eigenvalue weighted by Crippen LogP contribution is -2.09. The van der Waals surface area contributed by atoms with Gasteiger partial charge < -0.3 is 5.43 Å². The third kappa shape index (κ3) is 4.02. The van der Waals surface area contributed by atoms with Crippen molar-refractivity contribution in [2.24, 2.45) is 5.10 Å². The first-order valence-corrected chi connectivity index (χ1v) is 8.44. The second-order valence-corrected chi connectivity index (χ2v) is 6.80. The van der Waals surface area contributed by atoms with Crippen LogP contribution in [0, 0.1) is 0 Å². The summed E-state index contributed by atoms with van der Waals surface area (Å²) in [7, 11) is 0. The number of allylic oxidation sites excluding steroid dienone is 1. The van der Waals surface area contributed by atoms with Crippen molar-refractivity contribution in [1.82, 2.24) is 5.43 Å². The summed E-state index contributed by atoms with van der Waals surface area (Å²) in [5.41, 5.74) is 6.09. The molecule has 3 rings (SSSR count). The Morgan fingerprint density at radius 1 is 0.870 bits per heavy atom. The molecule has 0 aromatic heterocycles. The minimum Gasteiger partial charge on any atom is -0.302 e. The van der Waals surface area contributed by atoms with E-state index < -0.39 is 0 Å². The molecule has 0 saturated heterocycles. The van der Waals surface area contributed by atoms with Crippen molar-refractivity contribution in [3.63, 3.8) is 0 Å². The Balaban J connectivity index is 1.68. The Bertz CT molecular complexity index is 799. The van der Waals surface area contributed by atoms with Crippen LogP contribution in [0.3, 0.4) is 0 Å². The number of hydrogen-bond acceptors (Lipinski definition) is 2. The largest absolute Gasteiger partial charge is 0.302 e. The van der Waals surface area contributed by atoms with Crippen LogP contribution >= 0.6 is 46.4 Å². The Morgan fingerprint density at radius 3 is 2.26 bits per heavy atom. The first-order valence-electron chi connectivity index (χ1n) is 6.93. The summed E-state index contributed by atoms with van der Waals surface area (Å²) >= 11 is 23.9. The van der Waals surface area contributed by atoms with Gasteiger partial charge in [-0.15, -0.1) is 0 Å². The van der Waals surface area contributed by atoms with Crippen molar-refractivity contribution in [2.45, 2.75) is 12.5 Å². The molecule has 0 spiro atoms. The summed E-state index contributed by atoms with van der Waals surface area (Å²) in [5, 5.41) is 6.52. The van der Waals surface area contributed by atoms with E-state index in [0.29, 0.717) is 20.1 Å². The molecule has 2 nitrogen and oxygen atoms in total. The van der Waals surface area contributed by atoms with E-state index in [0.717, 1.165) is 23.3 Å². The Labute approximate surface area is 154 Å². The highest BCUT2D eigenvalue weighted by atomic mass is 35.5. The predicted octanol–water partition coefficient (Wildman–Crippen LogP) is 6.40. The molecule has 6 heteroatoms. The zero-order valence-corrected chi connectivity index (χ0v) is 14.9. The number of benzene rings is 2. The van der Waals surface area contributed by atoms with Gasteiger partial charge in [-0.3, -0.25) is 0 Å². The average Bonchev–Trinajstić information content (AvgIpc) is 3.00. The quantitative estimate of drug-likeness (QED) is 0.648. The molecule has 0 amide bonds. The van der Waals surface area contributed by atoms with Gasteiger partial charge in [0, 0.05) is 6.42 Å². The molecule has 23 heavy (non-hydrogen) atoms. The highest BCUT2D eigenvalue weighted by molar-refractivity contribution is 6.42. The molecule has 1 aliphatic heterocycles. The minimum atomic E-state index is 0.0956. The summed E-state index contributed by atoms with van der Waals surface area (Å²) in [6, 6.07) is 11.2. The lowest BCUT2D eigenvalue weighted by atomic mass is 10.0. The maximum absolute atomic E-state index is 6.06. The van der Waals surface area contributed by atoms with E-state index in [-0.39, 0.29) is 6.04 Å². The highest BCUT2D eigenvalue weighted by Crippen LogP contribution is 2.29. The fourth-order valence-corrected chi connectivity index (χ4v) is 2.91. The van der Waals surface area contributed by atoms with Crippen LogP contribution in [0.2, 0.25) is 20.1 Å². The summed E-state index contributed by atoms with van der Waals surface area (Å²) in [5.74, 6) is 0. The normalized spacial score (nSPS) is 17.4. The monoisotopic (exact) mass is 384 g/mol. The van der Waals surface area contributed by atoms with Crippen LogP contribution in [0.5, 0.6) is 0 Å². The van der Waals surface area contributed by atoms with Gasteiger partial charge in [0.05, 0.1) is 31.8 Å². The fourth-order valence-electron chi connectivity index (χ4n) is 2.30. The van der Waals surface area contributed by atoms with Crippen LogP contribution in [0.1, 0.15) is 23.6 Å². The van der Waals surface area contributed by atoms with Crippen molar-refractivity contribution >= 4 is 58.2 Å². The van der Waals surface area contributed by atoms with Crippen molar-refractivity contribution in [1.29, 1.82) is 0 Å². The van der Waals surface area contributed by atoms with E-state index >= 15 is 0 Å². The zero-order chi connectivity index (χ0) is 16.4. The van der Waals surface area contributed by atoms with Gasteiger partial charge >= 0.3 is 0 Å². The topological polar surface area (TPSA) is 24.4 Å². The van der Waals surface area contributed by atoms with E-state index in [1.807, 2.05) is 36.4 Å². The third-order valence-electron chi connectivity index (χ3n) is 3.54. The van der Waals surface area contributed by atoms with Crippen molar-refractivity contribution in [3.8, 4) is 0 Å². The number of halogens is 4. The molecular formula is C17H12Cl4N2. The fraction of sp³-hybridized carbons (Fsp3) is 0.118. The number of hydrogen-bond donors (Lipinski definition) is 1. The van der Waals surface area contributed by atoms with Gasteiger partial charge in [0.2, 0.25) is 0 Å². The maximum atomic E-state index is 6.06. The number of hydrazone groups is 1. The smallest absolute Gasteiger partial charge is 0.0746 e. The molecule has 0 radical (unpaired) electrons. The first-order chi connectivity index (χ1) is 11.0. The van der Waals surface area contributed by atoms with Crippen LogP contribution < -0.4 is 5.43 Å². The maximum Gasteiger partial charge on any atom is 0.0746 e. The molecule has 1 unspecified atom stereocenters. The van der Waals surface area contributed by atoms with E-state index in [9.17, 15) is 0 Å². The van der Waals surface area contributed by atoms with Gasteiger partial charge in [-0.25, -0.2) is 0 Å². The summed E-state index contributed by atoms with van der Waals surface area (Å²) < 4.78 is 0. The highest BCUT2D eigenvalue weighted by Gasteiger charge is 2.19. The van der Waals surface area contributed by atoms with E-state index in [1.165, 1.54) is 0 Å². The number of nitrogens with zero attached hydrogens (tertiary/aromatic N) is 1. The molecule has 2 aromatic rings. The third-order valence-corrected chi connectivity index (χ3v) is 5.01. The van der Waals surface area contributed by atoms with Crippen LogP contribution in [-0.2, 0) is 0 Å². The lowest BCUT2D eigenvalue weighted by molar-refractivity contribution is 0.620. The standard InChI is InChI=1S/C17H12Cl4N2/c18-13-5-2-10(7-15(13)20)1-4-12-9-17(23-22-12)11-3-6-14(19)16(21)8-11/h1-8,17,23H,9H2. The van der Waals surface area contributed by atoms with Gasteiger partial charge in [-0.2, -0.15) is 5.10 Å². The van der Waals surface area contributed by atoms with Crippen LogP contribution in [0.4, 0.5) is 0 Å². The molecule has 2 aromatic carbocycles. The van der Waals surface area contributed by atoms with Crippen LogP contribution in [-0.4, -0.2) is 5.71 Å². The van der Waals surface area contributed by atoms with Crippen molar-refractivity contribution < 1.29 is 0 Å². The minimum absolute atomic E-state index is 0.0956. The van der Waals surface area contributed by atoms with Gasteiger partial charge in [0.1, 0.15) is 0 Å². The molecule has 0 aliphatic carbocycles. The molecule has 1 aliphatic rings. The van der Waals surface area contributed by atoms with E-state index in [2.05, 4.69) is 10.5 Å². The van der Waals surface area contributed by atoms with Gasteiger partial charge in [-0.05, 0) is 41.5 Å². The van der Waals surface area contributed by atoms with E-state index in [4.69, 9.17) is 46.4 Å². The van der Waals surface area contributed by atoms with Gasteiger partial charge in [0.25, 0.3) is 0 Å². The number of nitrogens with one attached hydrogen (secondary N) is 1. The summed E-state index contributed by atoms with van der Waals surface area (Å²) in [6.07, 6.45) is 4.69. The van der Waals surface area contributed by atoms with E-state index in [1.54, 1.807) is 12.1 Å². The molecule has 1 heterocycles. The Hall–Kier alpha value is -1.19. The summed E-state index contributed by atoms with van der Waals surface area (Å²) in [4.78, 5) is 0. The number of rotatable bonds is 3. The Kier molecular flexibility index (Phi) is 5.17. The molecule has 118 valence electrons. The second kappa shape index (κ2) is 7.14. The molecule has 0 fully saturated rings. The lowest BCUT2D eigenvalue weighted by Gasteiger charge is -2.10. The molecule has 0 bridgehead atoms. The molecule has 1 atom stereocenters. The molecule has 1 N–H and O–H groups in total. The van der Waals surface area contributed by atoms with Crippen molar-refractivity contribution in [3.05, 3.63) is 73.7 Å². The molecule has 0 saturated carbocycles. The SMILES string of the molecule is Clc1ccc(C=CC2=NNC(c3ccc(Cl)c(Cl)c3)C2)cc1Cl. The van der Waals surface area contributed by atoms with Crippen LogP contribution in [0.15, 0.2) is 47.6 Å². The van der Waals surface area contributed by atoms with Crippen molar-refractivity contribution in [2.75, 3.05) is 0 Å². The Morgan fingerprint density at radius 2 is 1.57 bits per heavy atom. The molecular weight excluding hydrogens is 374 g/mol. The van der Waals surface area contributed by atoms with Crippen LogP contribution in [0.25, 0.3) is 6.08 Å². The average molecular weight is 386 g/mol.